The van der Waals surface area contributed by atoms with Gasteiger partial charge in [-0.1, -0.05) is 98.4 Å². The van der Waals surface area contributed by atoms with Gasteiger partial charge >= 0.3 is 0 Å². The summed E-state index contributed by atoms with van der Waals surface area (Å²) in [5.41, 5.74) is 5.17. The van der Waals surface area contributed by atoms with Gasteiger partial charge in [-0.15, -0.1) is 0 Å². The van der Waals surface area contributed by atoms with Crippen molar-refractivity contribution in [2.75, 3.05) is 0 Å². The van der Waals surface area contributed by atoms with Crippen molar-refractivity contribution in [2.24, 2.45) is 0 Å². The third-order valence-electron chi connectivity index (χ3n) is 4.68. The summed E-state index contributed by atoms with van der Waals surface area (Å²) >= 11 is 0. The molecule has 1 aromatic heterocycles. The van der Waals surface area contributed by atoms with Gasteiger partial charge in [-0.25, -0.2) is 15.0 Å². The Hall–Kier alpha value is -3.59. The van der Waals surface area contributed by atoms with Crippen LogP contribution in [0.4, 0.5) is 0 Å². The molecule has 0 spiro atoms. The van der Waals surface area contributed by atoms with Crippen LogP contribution < -0.4 is 0 Å². The lowest BCUT2D eigenvalue weighted by Gasteiger charge is -2.09. The summed E-state index contributed by atoms with van der Waals surface area (Å²) in [6.45, 7) is 6.22. The molecule has 3 heteroatoms. The summed E-state index contributed by atoms with van der Waals surface area (Å²) in [7, 11) is 0. The highest BCUT2D eigenvalue weighted by Crippen LogP contribution is 2.25. The van der Waals surface area contributed by atoms with Crippen molar-refractivity contribution in [3.8, 4) is 34.2 Å². The van der Waals surface area contributed by atoms with Crippen LogP contribution in [-0.2, 0) is 0 Å². The first-order chi connectivity index (χ1) is 13.7. The zero-order valence-electron chi connectivity index (χ0n) is 15.8. The van der Waals surface area contributed by atoms with Gasteiger partial charge in [0.1, 0.15) is 0 Å². The maximum absolute atomic E-state index is 4.75. The number of rotatable bonds is 5. The lowest BCUT2D eigenvalue weighted by Crippen LogP contribution is -2.00. The Morgan fingerprint density at radius 2 is 1.00 bits per heavy atom. The molecule has 0 bridgehead atoms. The average Bonchev–Trinajstić information content (AvgIpc) is 2.79. The highest BCUT2D eigenvalue weighted by molar-refractivity contribution is 5.69. The van der Waals surface area contributed by atoms with Crippen molar-refractivity contribution in [1.82, 2.24) is 15.0 Å². The van der Waals surface area contributed by atoms with Crippen LogP contribution in [0.25, 0.3) is 39.7 Å². The van der Waals surface area contributed by atoms with E-state index in [-0.39, 0.29) is 0 Å². The maximum atomic E-state index is 4.75. The molecule has 0 atom stereocenters. The van der Waals surface area contributed by atoms with E-state index in [9.17, 15) is 0 Å². The van der Waals surface area contributed by atoms with Crippen molar-refractivity contribution in [1.29, 1.82) is 0 Å². The first kappa shape index (κ1) is 17.8. The minimum atomic E-state index is 0.668. The highest BCUT2D eigenvalue weighted by Gasteiger charge is 2.12. The molecule has 0 N–H and O–H groups in total. The predicted octanol–water partition coefficient (Wildman–Crippen LogP) is 6.30. The minimum absolute atomic E-state index is 0.668. The average molecular weight is 363 g/mol. The largest absolute Gasteiger partial charge is 0.208 e. The molecular weight excluding hydrogens is 342 g/mol. The van der Waals surface area contributed by atoms with E-state index in [1.54, 1.807) is 0 Å². The van der Waals surface area contributed by atoms with E-state index in [0.717, 1.165) is 34.2 Å². The van der Waals surface area contributed by atoms with Crippen molar-refractivity contribution < 1.29 is 0 Å². The van der Waals surface area contributed by atoms with E-state index in [2.05, 4.69) is 37.8 Å². The molecule has 1 heterocycles. The molecule has 0 fully saturated rings. The second-order valence-electron chi connectivity index (χ2n) is 6.57. The molecule has 3 aromatic carbocycles. The molecule has 0 aliphatic rings. The van der Waals surface area contributed by atoms with Crippen LogP contribution in [0.1, 0.15) is 18.9 Å². The molecule has 0 unspecified atom stereocenters. The second kappa shape index (κ2) is 7.97. The van der Waals surface area contributed by atoms with E-state index in [1.165, 1.54) is 0 Å². The molecule has 0 radical (unpaired) electrons. The summed E-state index contributed by atoms with van der Waals surface area (Å²) in [4.78, 5) is 14.2. The summed E-state index contributed by atoms with van der Waals surface area (Å²) in [6.07, 6.45) is 0.932. The van der Waals surface area contributed by atoms with Gasteiger partial charge in [-0.3, -0.25) is 0 Å². The topological polar surface area (TPSA) is 38.7 Å². The van der Waals surface area contributed by atoms with Gasteiger partial charge in [0.15, 0.2) is 17.5 Å². The number of hydrogen-bond donors (Lipinski definition) is 0. The number of benzene rings is 3. The number of hydrogen-bond acceptors (Lipinski definition) is 3. The fourth-order valence-electron chi connectivity index (χ4n) is 3.00. The first-order valence-corrected chi connectivity index (χ1v) is 9.40. The summed E-state index contributed by atoms with van der Waals surface area (Å²) in [5, 5.41) is 0. The highest BCUT2D eigenvalue weighted by atomic mass is 15.0. The lowest BCUT2D eigenvalue weighted by molar-refractivity contribution is 1.07. The van der Waals surface area contributed by atoms with E-state index in [0.29, 0.717) is 17.5 Å². The zero-order chi connectivity index (χ0) is 19.3. The summed E-state index contributed by atoms with van der Waals surface area (Å²) < 4.78 is 0. The molecule has 0 saturated heterocycles. The quantitative estimate of drug-likeness (QED) is 0.418. The van der Waals surface area contributed by atoms with Crippen molar-refractivity contribution in [2.45, 2.75) is 13.3 Å². The van der Waals surface area contributed by atoms with Crippen molar-refractivity contribution in [3.63, 3.8) is 0 Å². The van der Waals surface area contributed by atoms with Crippen LogP contribution in [0, 0.1) is 0 Å². The number of allylic oxidation sites excluding steroid dienone is 1. The molecule has 0 amide bonds. The number of aromatic nitrogens is 3. The van der Waals surface area contributed by atoms with Crippen LogP contribution in [0.3, 0.4) is 0 Å². The lowest BCUT2D eigenvalue weighted by atomic mass is 10.0. The van der Waals surface area contributed by atoms with Crippen molar-refractivity contribution in [3.05, 3.63) is 97.1 Å². The standard InChI is InChI=1S/C25H21N3/c1-3-18(2)19-14-16-22(17-15-19)25-27-23(20-10-6-4-7-11-20)26-24(28-25)21-12-8-5-9-13-21/h4-17H,2-3H2,1H3. The van der Waals surface area contributed by atoms with Gasteiger partial charge in [-0.05, 0) is 17.6 Å². The van der Waals surface area contributed by atoms with Crippen LogP contribution in [0.2, 0.25) is 0 Å². The van der Waals surface area contributed by atoms with Crippen molar-refractivity contribution >= 4 is 5.57 Å². The zero-order valence-corrected chi connectivity index (χ0v) is 15.8. The molecule has 28 heavy (non-hydrogen) atoms. The Kier molecular flexibility index (Phi) is 5.07. The smallest absolute Gasteiger partial charge is 0.164 e. The molecule has 3 nitrogen and oxygen atoms in total. The Morgan fingerprint density at radius 1 is 0.607 bits per heavy atom. The maximum Gasteiger partial charge on any atom is 0.164 e. The normalized spacial score (nSPS) is 10.6. The third-order valence-corrected chi connectivity index (χ3v) is 4.68. The van der Waals surface area contributed by atoms with E-state index < -0.39 is 0 Å². The molecular formula is C25H21N3. The fourth-order valence-corrected chi connectivity index (χ4v) is 3.00. The van der Waals surface area contributed by atoms with Gasteiger partial charge in [0.05, 0.1) is 0 Å². The van der Waals surface area contributed by atoms with Gasteiger partial charge in [0, 0.05) is 16.7 Å². The van der Waals surface area contributed by atoms with E-state index >= 15 is 0 Å². The summed E-state index contributed by atoms with van der Waals surface area (Å²) in [6, 6.07) is 28.3. The van der Waals surface area contributed by atoms with Crippen LogP contribution >= 0.6 is 0 Å². The van der Waals surface area contributed by atoms with E-state index in [4.69, 9.17) is 15.0 Å². The SMILES string of the molecule is C=C(CC)c1ccc(-c2nc(-c3ccccc3)nc(-c3ccccc3)n2)cc1. The molecule has 4 aromatic rings. The molecule has 136 valence electrons. The van der Waals surface area contributed by atoms with Gasteiger partial charge in [0.25, 0.3) is 0 Å². The second-order valence-corrected chi connectivity index (χ2v) is 6.57. The molecule has 0 aliphatic heterocycles. The fraction of sp³-hybridized carbons (Fsp3) is 0.0800. The molecule has 4 rings (SSSR count). The first-order valence-electron chi connectivity index (χ1n) is 9.40. The van der Waals surface area contributed by atoms with E-state index in [1.807, 2.05) is 60.7 Å². The van der Waals surface area contributed by atoms with Gasteiger partial charge < -0.3 is 0 Å². The van der Waals surface area contributed by atoms with Crippen LogP contribution in [0.5, 0.6) is 0 Å². The third kappa shape index (κ3) is 3.74. The summed E-state index contributed by atoms with van der Waals surface area (Å²) in [5.74, 6) is 2.01. The molecule has 0 saturated carbocycles. The van der Waals surface area contributed by atoms with Crippen LogP contribution in [0.15, 0.2) is 91.5 Å². The Labute approximate surface area is 165 Å². The Morgan fingerprint density at radius 3 is 1.39 bits per heavy atom. The number of nitrogens with zero attached hydrogens (tertiary/aromatic N) is 3. The monoisotopic (exact) mass is 363 g/mol. The van der Waals surface area contributed by atoms with Crippen LogP contribution in [-0.4, -0.2) is 15.0 Å². The Balaban J connectivity index is 1.83. The Bertz CT molecular complexity index is 1030. The minimum Gasteiger partial charge on any atom is -0.208 e. The molecule has 0 aliphatic carbocycles. The van der Waals surface area contributed by atoms with Gasteiger partial charge in [0.2, 0.25) is 0 Å². The van der Waals surface area contributed by atoms with Gasteiger partial charge in [-0.2, -0.15) is 0 Å². The predicted molar refractivity (Wildman–Crippen MR) is 115 cm³/mol.